The third kappa shape index (κ3) is 2.48. The number of nitrogens with one attached hydrogen (secondary N) is 1. The number of hydrogen-bond donors (Lipinski definition) is 1. The summed E-state index contributed by atoms with van der Waals surface area (Å²) in [5.41, 5.74) is 0.749. The van der Waals surface area contributed by atoms with Crippen molar-refractivity contribution in [3.8, 4) is 0 Å². The number of carbonyl (C=O) groups excluding carboxylic acids is 2. The number of likely N-dealkylation sites (tertiary alicyclic amines) is 1. The number of imide groups is 1. The van der Waals surface area contributed by atoms with Crippen LogP contribution in [-0.4, -0.2) is 28.8 Å². The standard InChI is InChI=1S/C13H15ClN2O2/c1-8(2)16-12(17)7-11(13(16)18)15-10-5-3-4-9(14)6-10/h3-6,8,11,15H,7H2,1-2H3. The smallest absolute Gasteiger partial charge is 0.252 e. The lowest BCUT2D eigenvalue weighted by Crippen LogP contribution is -2.39. The summed E-state index contributed by atoms with van der Waals surface area (Å²) in [6, 6.07) is 6.52. The molecule has 4 nitrogen and oxygen atoms in total. The average molecular weight is 267 g/mol. The van der Waals surface area contributed by atoms with Gasteiger partial charge in [0.1, 0.15) is 6.04 Å². The lowest BCUT2D eigenvalue weighted by molar-refractivity contribution is -0.140. The van der Waals surface area contributed by atoms with Crippen molar-refractivity contribution in [1.82, 2.24) is 4.90 Å². The molecule has 1 aromatic rings. The van der Waals surface area contributed by atoms with E-state index in [-0.39, 0.29) is 24.3 Å². The summed E-state index contributed by atoms with van der Waals surface area (Å²) in [6.45, 7) is 3.66. The SMILES string of the molecule is CC(C)N1C(=O)CC(Nc2cccc(Cl)c2)C1=O. The largest absolute Gasteiger partial charge is 0.373 e. The zero-order chi connectivity index (χ0) is 13.3. The molecular formula is C13H15ClN2O2. The first kappa shape index (κ1) is 12.9. The van der Waals surface area contributed by atoms with Crippen LogP contribution in [0.3, 0.4) is 0 Å². The summed E-state index contributed by atoms with van der Waals surface area (Å²) in [6.07, 6.45) is 0.198. The van der Waals surface area contributed by atoms with Crippen molar-refractivity contribution >= 4 is 29.1 Å². The lowest BCUT2D eigenvalue weighted by Gasteiger charge is -2.19. The maximum Gasteiger partial charge on any atom is 0.252 e. The number of carbonyl (C=O) groups is 2. The molecule has 1 N–H and O–H groups in total. The van der Waals surface area contributed by atoms with Crippen LogP contribution in [0.5, 0.6) is 0 Å². The van der Waals surface area contributed by atoms with Crippen molar-refractivity contribution in [2.45, 2.75) is 32.4 Å². The highest BCUT2D eigenvalue weighted by Crippen LogP contribution is 2.22. The molecule has 1 fully saturated rings. The molecule has 0 spiro atoms. The van der Waals surface area contributed by atoms with Crippen LogP contribution in [0.1, 0.15) is 20.3 Å². The zero-order valence-electron chi connectivity index (χ0n) is 10.3. The Balaban J connectivity index is 2.12. The molecule has 0 aromatic heterocycles. The van der Waals surface area contributed by atoms with Crippen LogP contribution >= 0.6 is 11.6 Å². The van der Waals surface area contributed by atoms with Gasteiger partial charge in [0.2, 0.25) is 5.91 Å². The van der Waals surface area contributed by atoms with E-state index in [0.717, 1.165) is 5.69 Å². The molecule has 2 amide bonds. The Bertz CT molecular complexity index is 488. The highest BCUT2D eigenvalue weighted by molar-refractivity contribution is 6.30. The normalized spacial score (nSPS) is 19.8. The lowest BCUT2D eigenvalue weighted by atomic mass is 10.2. The van der Waals surface area contributed by atoms with Crippen LogP contribution < -0.4 is 5.32 Å². The molecule has 1 aliphatic rings. The van der Waals surface area contributed by atoms with Gasteiger partial charge in [0.25, 0.3) is 5.91 Å². The summed E-state index contributed by atoms with van der Waals surface area (Å²) in [4.78, 5) is 25.1. The minimum absolute atomic E-state index is 0.101. The van der Waals surface area contributed by atoms with Crippen LogP contribution in [0.15, 0.2) is 24.3 Å². The van der Waals surface area contributed by atoms with E-state index in [1.807, 2.05) is 19.9 Å². The third-order valence-electron chi connectivity index (χ3n) is 2.86. The summed E-state index contributed by atoms with van der Waals surface area (Å²) < 4.78 is 0. The summed E-state index contributed by atoms with van der Waals surface area (Å²) in [7, 11) is 0. The van der Waals surface area contributed by atoms with E-state index in [1.54, 1.807) is 18.2 Å². The Hall–Kier alpha value is -1.55. The highest BCUT2D eigenvalue weighted by Gasteiger charge is 2.39. The summed E-state index contributed by atoms with van der Waals surface area (Å²) in [5.74, 6) is -0.301. The van der Waals surface area contributed by atoms with E-state index in [4.69, 9.17) is 11.6 Å². The number of halogens is 1. The molecule has 5 heteroatoms. The second kappa shape index (κ2) is 4.98. The van der Waals surface area contributed by atoms with E-state index in [9.17, 15) is 9.59 Å². The molecule has 1 saturated heterocycles. The first-order chi connectivity index (χ1) is 8.49. The second-order valence-corrected chi connectivity index (χ2v) is 5.04. The van der Waals surface area contributed by atoms with Gasteiger partial charge in [-0.2, -0.15) is 0 Å². The average Bonchev–Trinajstić information content (AvgIpc) is 2.54. The van der Waals surface area contributed by atoms with Crippen LogP contribution in [0.25, 0.3) is 0 Å². The van der Waals surface area contributed by atoms with Gasteiger partial charge in [-0.15, -0.1) is 0 Å². The Labute approximate surface area is 111 Å². The van der Waals surface area contributed by atoms with Crippen molar-refractivity contribution < 1.29 is 9.59 Å². The van der Waals surface area contributed by atoms with Gasteiger partial charge in [0.05, 0.1) is 6.42 Å². The fraction of sp³-hybridized carbons (Fsp3) is 0.385. The first-order valence-electron chi connectivity index (χ1n) is 5.87. The second-order valence-electron chi connectivity index (χ2n) is 4.61. The van der Waals surface area contributed by atoms with E-state index in [1.165, 1.54) is 4.90 Å². The topological polar surface area (TPSA) is 49.4 Å². The summed E-state index contributed by atoms with van der Waals surface area (Å²) in [5, 5.41) is 3.65. The first-order valence-corrected chi connectivity index (χ1v) is 6.25. The van der Waals surface area contributed by atoms with Gasteiger partial charge < -0.3 is 5.32 Å². The van der Waals surface area contributed by atoms with E-state index < -0.39 is 6.04 Å². The van der Waals surface area contributed by atoms with Crippen molar-refractivity contribution in [2.24, 2.45) is 0 Å². The number of anilines is 1. The number of hydrogen-bond acceptors (Lipinski definition) is 3. The molecule has 1 unspecified atom stereocenters. The summed E-state index contributed by atoms with van der Waals surface area (Å²) >= 11 is 5.87. The minimum atomic E-state index is -0.488. The Morgan fingerprint density at radius 1 is 1.39 bits per heavy atom. The molecule has 1 atom stereocenters. The van der Waals surface area contributed by atoms with Gasteiger partial charge in [-0.25, -0.2) is 0 Å². The quantitative estimate of drug-likeness (QED) is 0.854. The van der Waals surface area contributed by atoms with Gasteiger partial charge in [-0.3, -0.25) is 14.5 Å². The molecule has 1 aliphatic heterocycles. The van der Waals surface area contributed by atoms with Gasteiger partial charge in [0, 0.05) is 16.8 Å². The van der Waals surface area contributed by atoms with Gasteiger partial charge in [0.15, 0.2) is 0 Å². The molecule has 0 saturated carbocycles. The number of nitrogens with zero attached hydrogens (tertiary/aromatic N) is 1. The highest BCUT2D eigenvalue weighted by atomic mass is 35.5. The van der Waals surface area contributed by atoms with Gasteiger partial charge in [-0.05, 0) is 32.0 Å². The van der Waals surface area contributed by atoms with Crippen molar-refractivity contribution in [3.63, 3.8) is 0 Å². The molecule has 1 heterocycles. The maximum atomic E-state index is 12.1. The molecule has 2 rings (SSSR count). The van der Waals surface area contributed by atoms with Crippen molar-refractivity contribution in [2.75, 3.05) is 5.32 Å². The Morgan fingerprint density at radius 2 is 2.11 bits per heavy atom. The van der Waals surface area contributed by atoms with E-state index >= 15 is 0 Å². The number of rotatable bonds is 3. The van der Waals surface area contributed by atoms with Crippen LogP contribution in [0.4, 0.5) is 5.69 Å². The molecule has 18 heavy (non-hydrogen) atoms. The predicted octanol–water partition coefficient (Wildman–Crippen LogP) is 2.29. The number of amides is 2. The predicted molar refractivity (Wildman–Crippen MR) is 70.5 cm³/mol. The molecular weight excluding hydrogens is 252 g/mol. The van der Waals surface area contributed by atoms with E-state index in [2.05, 4.69) is 5.32 Å². The van der Waals surface area contributed by atoms with Crippen molar-refractivity contribution in [1.29, 1.82) is 0 Å². The zero-order valence-corrected chi connectivity index (χ0v) is 11.1. The molecule has 0 radical (unpaired) electrons. The third-order valence-corrected chi connectivity index (χ3v) is 3.10. The molecule has 96 valence electrons. The Morgan fingerprint density at radius 3 is 2.67 bits per heavy atom. The maximum absolute atomic E-state index is 12.1. The molecule has 1 aromatic carbocycles. The number of benzene rings is 1. The van der Waals surface area contributed by atoms with E-state index in [0.29, 0.717) is 5.02 Å². The molecule has 0 bridgehead atoms. The van der Waals surface area contributed by atoms with Gasteiger partial charge in [-0.1, -0.05) is 17.7 Å². The minimum Gasteiger partial charge on any atom is -0.373 e. The van der Waals surface area contributed by atoms with Crippen molar-refractivity contribution in [3.05, 3.63) is 29.3 Å². The molecule has 0 aliphatic carbocycles. The Kier molecular flexibility index (Phi) is 3.57. The van der Waals surface area contributed by atoms with Gasteiger partial charge >= 0.3 is 0 Å². The monoisotopic (exact) mass is 266 g/mol. The van der Waals surface area contributed by atoms with Crippen LogP contribution in [0.2, 0.25) is 5.02 Å². The van der Waals surface area contributed by atoms with Crippen LogP contribution in [-0.2, 0) is 9.59 Å². The van der Waals surface area contributed by atoms with Crippen LogP contribution in [0, 0.1) is 0 Å². The fourth-order valence-corrected chi connectivity index (χ4v) is 2.28. The fourth-order valence-electron chi connectivity index (χ4n) is 2.09.